The number of carboxylic acid groups (broad SMARTS) is 1. The van der Waals surface area contributed by atoms with E-state index in [4.69, 9.17) is 9.90 Å². The molecule has 0 aliphatic heterocycles. The number of carboxylic acids is 1. The number of alkyl halides is 3. The van der Waals surface area contributed by atoms with Gasteiger partial charge >= 0.3 is 12.1 Å². The molecule has 4 nitrogen and oxygen atoms in total. The minimum Gasteiger partial charge on any atom is -0.475 e. The van der Waals surface area contributed by atoms with Gasteiger partial charge in [-0.15, -0.1) is 0 Å². The Labute approximate surface area is 86.0 Å². The van der Waals surface area contributed by atoms with Crippen LogP contribution >= 0.6 is 0 Å². The quantitative estimate of drug-likeness (QED) is 0.741. The molecule has 0 aromatic carbocycles. The van der Waals surface area contributed by atoms with Crippen LogP contribution in [-0.2, 0) is 14.3 Å². The van der Waals surface area contributed by atoms with Crippen LogP contribution in [0.1, 0.15) is 27.2 Å². The van der Waals surface area contributed by atoms with Crippen LogP contribution in [0.4, 0.5) is 13.2 Å². The maximum Gasteiger partial charge on any atom is 0.490 e. The molecule has 0 amide bonds. The zero-order valence-corrected chi connectivity index (χ0v) is 8.80. The lowest BCUT2D eigenvalue weighted by atomic mass is 10.6. The second kappa shape index (κ2) is 12.7. The summed E-state index contributed by atoms with van der Waals surface area (Å²) in [6, 6.07) is 0. The molecule has 0 fully saturated rings. The fraction of sp³-hybridized carbons (Fsp3) is 0.750. The third-order valence-corrected chi connectivity index (χ3v) is 0.477. The zero-order valence-electron chi connectivity index (χ0n) is 8.80. The number of ether oxygens (including phenoxy) is 1. The average Bonchev–Trinajstić information content (AvgIpc) is 2.06. The Balaban J connectivity index is -0.000000158. The van der Waals surface area contributed by atoms with Gasteiger partial charge in [-0.1, -0.05) is 20.3 Å². The number of hydrogen-bond acceptors (Lipinski definition) is 3. The number of carbonyl (C=O) groups excluding carboxylic acids is 1. The van der Waals surface area contributed by atoms with Gasteiger partial charge in [0.15, 0.2) is 0 Å². The van der Waals surface area contributed by atoms with E-state index in [1.54, 1.807) is 6.92 Å². The fourth-order valence-corrected chi connectivity index (χ4v) is 0.0680. The van der Waals surface area contributed by atoms with Crippen molar-refractivity contribution in [2.24, 2.45) is 0 Å². The lowest BCUT2D eigenvalue weighted by Crippen LogP contribution is -2.21. The lowest BCUT2D eigenvalue weighted by molar-refractivity contribution is -0.192. The Bertz CT molecular complexity index is 156. The topological polar surface area (TPSA) is 63.6 Å². The summed E-state index contributed by atoms with van der Waals surface area (Å²) in [5.74, 6) is -2.76. The number of halogens is 3. The molecule has 0 radical (unpaired) electrons. The van der Waals surface area contributed by atoms with E-state index in [2.05, 4.69) is 18.6 Å². The van der Waals surface area contributed by atoms with Crippen LogP contribution in [0.25, 0.3) is 0 Å². The van der Waals surface area contributed by atoms with E-state index in [0.29, 0.717) is 13.1 Å². The molecule has 0 spiro atoms. The van der Waals surface area contributed by atoms with Gasteiger partial charge in [0, 0.05) is 0 Å². The zero-order chi connectivity index (χ0) is 12.9. The van der Waals surface area contributed by atoms with E-state index >= 15 is 0 Å². The summed E-state index contributed by atoms with van der Waals surface area (Å²) in [6.45, 7) is 6.91. The first-order chi connectivity index (χ1) is 6.77. The first-order valence-electron chi connectivity index (χ1n) is 4.13. The van der Waals surface area contributed by atoms with Crippen molar-refractivity contribution < 1.29 is 32.6 Å². The fourth-order valence-electron chi connectivity index (χ4n) is 0.0680. The normalized spacial score (nSPS) is 8.67. The van der Waals surface area contributed by atoms with Gasteiger partial charge in [0.1, 0.15) is 0 Å². The van der Waals surface area contributed by atoms with Crippen molar-refractivity contribution in [3.63, 3.8) is 0 Å². The molecule has 1 N–H and O–H groups in total. The summed E-state index contributed by atoms with van der Waals surface area (Å²) in [7, 11) is 0. The second-order valence-corrected chi connectivity index (χ2v) is 2.06. The monoisotopic (exact) mass is 232 g/mol. The molecule has 0 heterocycles. The first-order valence-corrected chi connectivity index (χ1v) is 4.13. The van der Waals surface area contributed by atoms with Gasteiger partial charge in [-0.05, 0) is 6.92 Å². The SMILES string of the molecule is CCC.CCOC=O.O=C(O)C(F)(F)F. The summed E-state index contributed by atoms with van der Waals surface area (Å²) in [5.41, 5.74) is 0. The van der Waals surface area contributed by atoms with Crippen molar-refractivity contribution in [1.82, 2.24) is 0 Å². The highest BCUT2D eigenvalue weighted by Gasteiger charge is 2.38. The third kappa shape index (κ3) is 32.4. The van der Waals surface area contributed by atoms with Crippen molar-refractivity contribution in [2.75, 3.05) is 6.61 Å². The van der Waals surface area contributed by atoms with E-state index in [1.807, 2.05) is 0 Å². The second-order valence-electron chi connectivity index (χ2n) is 2.06. The molecule has 0 saturated heterocycles. The van der Waals surface area contributed by atoms with Crippen LogP contribution in [0.2, 0.25) is 0 Å². The minimum absolute atomic E-state index is 0.431. The summed E-state index contributed by atoms with van der Waals surface area (Å²) < 4.78 is 35.9. The van der Waals surface area contributed by atoms with E-state index < -0.39 is 12.1 Å². The molecule has 0 aliphatic carbocycles. The number of carbonyl (C=O) groups is 2. The molecule has 0 rings (SSSR count). The van der Waals surface area contributed by atoms with Gasteiger partial charge < -0.3 is 9.84 Å². The highest BCUT2D eigenvalue weighted by atomic mass is 19.4. The standard InChI is InChI=1S/C3H6O2.C3H8.C2HF3O2/c1-2-5-3-4;1-3-2;3-2(4,5)1(6)7/h3H,2H2,1H3;3H2,1-2H3;(H,6,7). The average molecular weight is 232 g/mol. The number of rotatable bonds is 2. The molecule has 0 atom stereocenters. The van der Waals surface area contributed by atoms with Crippen molar-refractivity contribution in [3.05, 3.63) is 0 Å². The molecule has 0 saturated carbocycles. The minimum atomic E-state index is -5.08. The molecular weight excluding hydrogens is 217 g/mol. The number of hydrogen-bond donors (Lipinski definition) is 1. The van der Waals surface area contributed by atoms with Crippen molar-refractivity contribution in [3.8, 4) is 0 Å². The first kappa shape index (κ1) is 19.3. The molecule has 15 heavy (non-hydrogen) atoms. The van der Waals surface area contributed by atoms with E-state index in [1.165, 1.54) is 6.42 Å². The smallest absolute Gasteiger partial charge is 0.475 e. The Morgan fingerprint density at radius 3 is 1.60 bits per heavy atom. The van der Waals surface area contributed by atoms with Crippen LogP contribution in [0.15, 0.2) is 0 Å². The van der Waals surface area contributed by atoms with E-state index in [9.17, 15) is 18.0 Å². The molecule has 7 heteroatoms. The van der Waals surface area contributed by atoms with Crippen LogP contribution < -0.4 is 0 Å². The summed E-state index contributed by atoms with van der Waals surface area (Å²) in [5, 5.41) is 7.12. The Morgan fingerprint density at radius 1 is 1.33 bits per heavy atom. The van der Waals surface area contributed by atoms with Crippen LogP contribution in [0.3, 0.4) is 0 Å². The van der Waals surface area contributed by atoms with Gasteiger partial charge in [0.25, 0.3) is 6.47 Å². The molecule has 92 valence electrons. The maximum atomic E-state index is 10.6. The lowest BCUT2D eigenvalue weighted by Gasteiger charge is -1.93. The predicted molar refractivity (Wildman–Crippen MR) is 47.3 cm³/mol. The molecular formula is C8H15F3O4. The van der Waals surface area contributed by atoms with Gasteiger partial charge in [-0.3, -0.25) is 4.79 Å². The van der Waals surface area contributed by atoms with Gasteiger partial charge in [-0.25, -0.2) is 4.79 Å². The Morgan fingerprint density at radius 2 is 1.60 bits per heavy atom. The summed E-state index contributed by atoms with van der Waals surface area (Å²) in [4.78, 5) is 18.1. The molecule has 0 aliphatic rings. The van der Waals surface area contributed by atoms with E-state index in [0.717, 1.165) is 0 Å². The molecule has 0 aromatic rings. The van der Waals surface area contributed by atoms with Crippen molar-refractivity contribution in [1.29, 1.82) is 0 Å². The number of aliphatic carboxylic acids is 1. The maximum absolute atomic E-state index is 10.6. The van der Waals surface area contributed by atoms with Gasteiger partial charge in [0.2, 0.25) is 0 Å². The highest BCUT2D eigenvalue weighted by Crippen LogP contribution is 2.13. The van der Waals surface area contributed by atoms with Crippen LogP contribution in [-0.4, -0.2) is 30.3 Å². The Kier molecular flexibility index (Phi) is 16.4. The predicted octanol–water partition coefficient (Wildman–Crippen LogP) is 2.23. The largest absolute Gasteiger partial charge is 0.490 e. The molecule has 0 unspecified atom stereocenters. The Hall–Kier alpha value is -1.27. The van der Waals surface area contributed by atoms with Crippen LogP contribution in [0.5, 0.6) is 0 Å². The molecule has 0 bridgehead atoms. The van der Waals surface area contributed by atoms with Gasteiger partial charge in [0.05, 0.1) is 6.61 Å². The van der Waals surface area contributed by atoms with Crippen molar-refractivity contribution in [2.45, 2.75) is 33.4 Å². The summed E-state index contributed by atoms with van der Waals surface area (Å²) >= 11 is 0. The third-order valence-electron chi connectivity index (χ3n) is 0.477. The van der Waals surface area contributed by atoms with Crippen molar-refractivity contribution >= 4 is 12.4 Å². The van der Waals surface area contributed by atoms with E-state index in [-0.39, 0.29) is 0 Å². The molecule has 0 aromatic heterocycles. The highest BCUT2D eigenvalue weighted by molar-refractivity contribution is 5.73. The van der Waals surface area contributed by atoms with Crippen LogP contribution in [0, 0.1) is 0 Å². The van der Waals surface area contributed by atoms with Gasteiger partial charge in [-0.2, -0.15) is 13.2 Å². The summed E-state index contributed by atoms with van der Waals surface area (Å²) in [6.07, 6.45) is -3.83.